The molecule has 0 spiro atoms. The molecule has 1 aliphatic rings. The minimum absolute atomic E-state index is 0.131. The minimum Gasteiger partial charge on any atom is -0.340 e. The van der Waals surface area contributed by atoms with E-state index in [2.05, 4.69) is 22.2 Å². The van der Waals surface area contributed by atoms with E-state index in [1.165, 1.54) is 12.1 Å². The van der Waals surface area contributed by atoms with Gasteiger partial charge >= 0.3 is 6.03 Å². The number of halogens is 1. The van der Waals surface area contributed by atoms with E-state index in [-0.39, 0.29) is 17.9 Å². The van der Waals surface area contributed by atoms with E-state index in [1.54, 1.807) is 17.8 Å². The summed E-state index contributed by atoms with van der Waals surface area (Å²) in [6.45, 7) is 2.76. The number of carbonyl (C=O) groups excluding carboxylic acids is 1. The fourth-order valence-corrected chi connectivity index (χ4v) is 4.25. The van der Waals surface area contributed by atoms with E-state index in [0.717, 1.165) is 29.2 Å². The van der Waals surface area contributed by atoms with Gasteiger partial charge in [-0.05, 0) is 48.9 Å². The van der Waals surface area contributed by atoms with Crippen LogP contribution in [0.4, 0.5) is 14.9 Å². The van der Waals surface area contributed by atoms with Crippen LogP contribution in [0.5, 0.6) is 0 Å². The van der Waals surface area contributed by atoms with Crippen molar-refractivity contribution < 1.29 is 9.18 Å². The second kappa shape index (κ2) is 7.60. The predicted octanol–water partition coefficient (Wildman–Crippen LogP) is 5.18. The lowest BCUT2D eigenvalue weighted by molar-refractivity contribution is 0.205. The molecule has 27 heavy (non-hydrogen) atoms. The molecule has 2 N–H and O–H groups in total. The number of aromatic nitrogens is 2. The van der Waals surface area contributed by atoms with Crippen LogP contribution in [-0.2, 0) is 0 Å². The van der Waals surface area contributed by atoms with E-state index in [0.29, 0.717) is 23.4 Å². The average molecular weight is 384 g/mol. The molecule has 7 heteroatoms. The van der Waals surface area contributed by atoms with Gasteiger partial charge in [0.25, 0.3) is 0 Å². The first-order valence-corrected chi connectivity index (χ1v) is 10.1. The van der Waals surface area contributed by atoms with Gasteiger partial charge in [-0.2, -0.15) is 0 Å². The molecule has 2 aromatic carbocycles. The molecule has 2 amide bonds. The Labute approximate surface area is 161 Å². The van der Waals surface area contributed by atoms with Gasteiger partial charge in [0.15, 0.2) is 0 Å². The second-order valence-electron chi connectivity index (χ2n) is 6.49. The lowest BCUT2D eigenvalue weighted by Crippen LogP contribution is -2.35. The van der Waals surface area contributed by atoms with Crippen molar-refractivity contribution in [1.82, 2.24) is 14.9 Å². The van der Waals surface area contributed by atoms with E-state index in [1.807, 2.05) is 29.2 Å². The fraction of sp³-hybridized carbons (Fsp3) is 0.300. The number of hydrogen-bond donors (Lipinski definition) is 2. The number of nitrogens with zero attached hydrogens (tertiary/aromatic N) is 2. The van der Waals surface area contributed by atoms with E-state index in [9.17, 15) is 9.18 Å². The van der Waals surface area contributed by atoms with Crippen LogP contribution in [-0.4, -0.2) is 33.2 Å². The molecule has 1 atom stereocenters. The standard InChI is InChI=1S/C20H21FN4OS/c1-2-27-18-8-4-3-6-15(18)24-20(26)25-11-5-7-17(25)19-22-14-10-9-13(21)12-16(14)23-19/h3-4,6,8-10,12,17H,2,5,7,11H2,1H3,(H,22,23)(H,24,26). The average Bonchev–Trinajstić information content (AvgIpc) is 3.29. The van der Waals surface area contributed by atoms with Crippen molar-refractivity contribution in [3.8, 4) is 0 Å². The summed E-state index contributed by atoms with van der Waals surface area (Å²) in [5.74, 6) is 1.35. The van der Waals surface area contributed by atoms with Crippen molar-refractivity contribution >= 4 is 34.5 Å². The molecule has 0 radical (unpaired) electrons. The zero-order valence-electron chi connectivity index (χ0n) is 15.0. The molecule has 1 fully saturated rings. The van der Waals surface area contributed by atoms with Gasteiger partial charge in [-0.1, -0.05) is 19.1 Å². The molecule has 0 saturated carbocycles. The Hall–Kier alpha value is -2.54. The number of para-hydroxylation sites is 1. The number of amides is 2. The Morgan fingerprint density at radius 2 is 2.22 bits per heavy atom. The van der Waals surface area contributed by atoms with Crippen LogP contribution in [0, 0.1) is 5.82 Å². The first-order valence-electron chi connectivity index (χ1n) is 9.10. The first kappa shape index (κ1) is 17.9. The van der Waals surface area contributed by atoms with Gasteiger partial charge in [0, 0.05) is 11.4 Å². The van der Waals surface area contributed by atoms with Crippen LogP contribution in [0.2, 0.25) is 0 Å². The maximum Gasteiger partial charge on any atom is 0.322 e. The van der Waals surface area contributed by atoms with Crippen LogP contribution >= 0.6 is 11.8 Å². The number of H-pyrrole nitrogens is 1. The summed E-state index contributed by atoms with van der Waals surface area (Å²) < 4.78 is 13.4. The van der Waals surface area contributed by atoms with Crippen molar-refractivity contribution in [3.63, 3.8) is 0 Å². The summed E-state index contributed by atoms with van der Waals surface area (Å²) in [6, 6.07) is 12.0. The number of nitrogens with one attached hydrogen (secondary N) is 2. The Kier molecular flexibility index (Phi) is 5.03. The van der Waals surface area contributed by atoms with Crippen molar-refractivity contribution in [2.45, 2.75) is 30.7 Å². The summed E-state index contributed by atoms with van der Waals surface area (Å²) in [5, 5.41) is 3.04. The molecule has 3 aromatic rings. The number of imidazole rings is 1. The maximum absolute atomic E-state index is 13.4. The monoisotopic (exact) mass is 384 g/mol. The van der Waals surface area contributed by atoms with Crippen molar-refractivity contribution in [3.05, 3.63) is 54.1 Å². The number of carbonyl (C=O) groups is 1. The fourth-order valence-electron chi connectivity index (χ4n) is 3.49. The molecular formula is C20H21FN4OS. The third-order valence-corrected chi connectivity index (χ3v) is 5.68. The van der Waals surface area contributed by atoms with Gasteiger partial charge in [-0.3, -0.25) is 0 Å². The van der Waals surface area contributed by atoms with Crippen molar-refractivity contribution in [2.75, 3.05) is 17.6 Å². The first-order chi connectivity index (χ1) is 13.2. The topological polar surface area (TPSA) is 61.0 Å². The summed E-state index contributed by atoms with van der Waals surface area (Å²) in [4.78, 5) is 23.6. The van der Waals surface area contributed by atoms with Gasteiger partial charge in [-0.25, -0.2) is 14.2 Å². The van der Waals surface area contributed by atoms with E-state index in [4.69, 9.17) is 0 Å². The van der Waals surface area contributed by atoms with Gasteiger partial charge < -0.3 is 15.2 Å². The Balaban J connectivity index is 1.56. The number of urea groups is 1. The van der Waals surface area contributed by atoms with Crippen molar-refractivity contribution in [1.29, 1.82) is 0 Å². The predicted molar refractivity (Wildman–Crippen MR) is 107 cm³/mol. The Bertz CT molecular complexity index is 974. The van der Waals surface area contributed by atoms with Gasteiger partial charge in [0.1, 0.15) is 11.6 Å². The number of fused-ring (bicyclic) bond motifs is 1. The number of anilines is 1. The summed E-state index contributed by atoms with van der Waals surface area (Å²) in [6.07, 6.45) is 1.75. The van der Waals surface area contributed by atoms with Crippen molar-refractivity contribution in [2.24, 2.45) is 0 Å². The largest absolute Gasteiger partial charge is 0.340 e. The second-order valence-corrected chi connectivity index (χ2v) is 7.80. The minimum atomic E-state index is -0.302. The van der Waals surface area contributed by atoms with Crippen LogP contribution in [0.3, 0.4) is 0 Å². The lowest BCUT2D eigenvalue weighted by atomic mass is 10.2. The molecule has 4 rings (SSSR count). The lowest BCUT2D eigenvalue weighted by Gasteiger charge is -2.24. The third kappa shape index (κ3) is 3.64. The van der Waals surface area contributed by atoms with Crippen LogP contribution < -0.4 is 5.32 Å². The number of aromatic amines is 1. The molecule has 5 nitrogen and oxygen atoms in total. The van der Waals surface area contributed by atoms with E-state index >= 15 is 0 Å². The van der Waals surface area contributed by atoms with Crippen LogP contribution in [0.15, 0.2) is 47.4 Å². The molecule has 1 aromatic heterocycles. The highest BCUT2D eigenvalue weighted by atomic mass is 32.2. The number of rotatable bonds is 4. The molecule has 1 saturated heterocycles. The Morgan fingerprint density at radius 1 is 1.37 bits per heavy atom. The third-order valence-electron chi connectivity index (χ3n) is 4.72. The summed E-state index contributed by atoms with van der Waals surface area (Å²) in [5.41, 5.74) is 2.19. The van der Waals surface area contributed by atoms with Crippen LogP contribution in [0.1, 0.15) is 31.6 Å². The number of thioether (sulfide) groups is 1. The molecular weight excluding hydrogens is 363 g/mol. The quantitative estimate of drug-likeness (QED) is 0.609. The number of hydrogen-bond acceptors (Lipinski definition) is 3. The Morgan fingerprint density at radius 3 is 3.07 bits per heavy atom. The van der Waals surface area contributed by atoms with Gasteiger partial charge in [-0.15, -0.1) is 11.8 Å². The molecule has 1 aliphatic heterocycles. The SMILES string of the molecule is CCSc1ccccc1NC(=O)N1CCCC1c1nc2ccc(F)cc2[nH]1. The number of likely N-dealkylation sites (tertiary alicyclic amines) is 1. The normalized spacial score (nSPS) is 16.8. The van der Waals surface area contributed by atoms with Crippen LogP contribution in [0.25, 0.3) is 11.0 Å². The zero-order chi connectivity index (χ0) is 18.8. The smallest absolute Gasteiger partial charge is 0.322 e. The highest BCUT2D eigenvalue weighted by molar-refractivity contribution is 7.99. The van der Waals surface area contributed by atoms with Gasteiger partial charge in [0.2, 0.25) is 0 Å². The summed E-state index contributed by atoms with van der Waals surface area (Å²) in [7, 11) is 0. The van der Waals surface area contributed by atoms with E-state index < -0.39 is 0 Å². The maximum atomic E-state index is 13.4. The summed E-state index contributed by atoms with van der Waals surface area (Å²) >= 11 is 1.70. The zero-order valence-corrected chi connectivity index (χ0v) is 15.9. The molecule has 140 valence electrons. The molecule has 0 bridgehead atoms. The molecule has 1 unspecified atom stereocenters. The van der Waals surface area contributed by atoms with Gasteiger partial charge in [0.05, 0.1) is 22.8 Å². The number of benzene rings is 2. The highest BCUT2D eigenvalue weighted by Gasteiger charge is 2.32. The highest BCUT2D eigenvalue weighted by Crippen LogP contribution is 2.33. The molecule has 0 aliphatic carbocycles. The molecule has 2 heterocycles.